The highest BCUT2D eigenvalue weighted by Gasteiger charge is 2.58. The van der Waals surface area contributed by atoms with Crippen LogP contribution in [0.2, 0.25) is 0 Å². The quantitative estimate of drug-likeness (QED) is 0.490. The second-order valence-electron chi connectivity index (χ2n) is 11.4. The van der Waals surface area contributed by atoms with E-state index in [-0.39, 0.29) is 0 Å². The molecule has 0 aromatic rings. The van der Waals surface area contributed by atoms with E-state index in [4.69, 9.17) is 0 Å². The molecular weight excluding hydrogens is 332 g/mol. The summed E-state index contributed by atoms with van der Waals surface area (Å²) < 4.78 is 0. The molecule has 4 aliphatic rings. The van der Waals surface area contributed by atoms with Gasteiger partial charge in [-0.3, -0.25) is 0 Å². The Kier molecular flexibility index (Phi) is 4.89. The number of fused-ring (bicyclic) bond motifs is 5. The highest BCUT2D eigenvalue weighted by Crippen LogP contribution is 2.66. The number of aldehydes is 1. The molecule has 0 saturated heterocycles. The first-order chi connectivity index (χ1) is 12.7. The molecule has 0 aromatic heterocycles. The van der Waals surface area contributed by atoms with Gasteiger partial charge in [-0.2, -0.15) is 0 Å². The largest absolute Gasteiger partial charge is 0.390 e. The number of hydrogen-bond donors (Lipinski definition) is 1. The average molecular weight is 373 g/mol. The summed E-state index contributed by atoms with van der Waals surface area (Å²) in [6.45, 7) is 9.53. The van der Waals surface area contributed by atoms with E-state index in [1.807, 2.05) is 6.92 Å². The number of aliphatic hydroxyl groups is 1. The van der Waals surface area contributed by atoms with Crippen molar-refractivity contribution < 1.29 is 9.90 Å². The first-order valence-corrected chi connectivity index (χ1v) is 11.6. The van der Waals surface area contributed by atoms with Crippen molar-refractivity contribution in [1.29, 1.82) is 0 Å². The molecule has 0 amide bonds. The van der Waals surface area contributed by atoms with E-state index < -0.39 is 5.60 Å². The topological polar surface area (TPSA) is 37.3 Å². The summed E-state index contributed by atoms with van der Waals surface area (Å²) in [5.41, 5.74) is 2.08. The van der Waals surface area contributed by atoms with Crippen LogP contribution in [0.15, 0.2) is 11.6 Å². The summed E-state index contributed by atoms with van der Waals surface area (Å²) in [6, 6.07) is 0. The third-order valence-electron chi connectivity index (χ3n) is 9.81. The summed E-state index contributed by atoms with van der Waals surface area (Å²) in [7, 11) is 0. The second kappa shape index (κ2) is 6.71. The van der Waals surface area contributed by atoms with E-state index in [1.54, 1.807) is 5.57 Å². The average Bonchev–Trinajstić information content (AvgIpc) is 2.97. The van der Waals surface area contributed by atoms with Gasteiger partial charge in [0, 0.05) is 6.42 Å². The van der Waals surface area contributed by atoms with Crippen molar-refractivity contribution in [3.05, 3.63) is 11.6 Å². The maximum Gasteiger partial charge on any atom is 0.120 e. The van der Waals surface area contributed by atoms with Crippen molar-refractivity contribution in [2.75, 3.05) is 0 Å². The molecule has 0 heterocycles. The van der Waals surface area contributed by atoms with E-state index in [9.17, 15) is 9.90 Å². The lowest BCUT2D eigenvalue weighted by atomic mass is 9.47. The van der Waals surface area contributed by atoms with Gasteiger partial charge in [0.1, 0.15) is 6.29 Å². The van der Waals surface area contributed by atoms with Crippen molar-refractivity contribution in [3.8, 4) is 0 Å². The van der Waals surface area contributed by atoms with Gasteiger partial charge in [0.25, 0.3) is 0 Å². The van der Waals surface area contributed by atoms with Gasteiger partial charge < -0.3 is 9.90 Å². The molecule has 1 N–H and O–H groups in total. The van der Waals surface area contributed by atoms with Gasteiger partial charge in [-0.05, 0) is 105 Å². The Morgan fingerprint density at radius 1 is 1.19 bits per heavy atom. The van der Waals surface area contributed by atoms with Crippen LogP contribution in [-0.4, -0.2) is 17.0 Å². The molecule has 4 rings (SSSR count). The van der Waals surface area contributed by atoms with E-state index in [0.29, 0.717) is 22.7 Å². The third kappa shape index (κ3) is 3.05. The molecule has 0 unspecified atom stereocenters. The molecular formula is C25H40O2. The molecule has 2 heteroatoms. The van der Waals surface area contributed by atoms with E-state index >= 15 is 0 Å². The monoisotopic (exact) mass is 372 g/mol. The smallest absolute Gasteiger partial charge is 0.120 e. The van der Waals surface area contributed by atoms with Crippen LogP contribution in [-0.2, 0) is 4.79 Å². The molecule has 0 bridgehead atoms. The van der Waals surface area contributed by atoms with Crippen LogP contribution in [0.1, 0.15) is 91.9 Å². The molecule has 0 aromatic carbocycles. The highest BCUT2D eigenvalue weighted by atomic mass is 16.3. The minimum atomic E-state index is -0.451. The Morgan fingerprint density at radius 3 is 2.70 bits per heavy atom. The van der Waals surface area contributed by atoms with E-state index in [0.717, 1.165) is 56.1 Å². The molecule has 3 saturated carbocycles. The fraction of sp³-hybridized carbons (Fsp3) is 0.880. The molecule has 0 spiro atoms. The standard InChI is InChI=1S/C25H40O2/c1-17(6-5-15-26)20-9-10-21-19-8-7-18-16-23(2,27)13-14-24(18,3)22(19)11-12-25(20,21)4/h11,15,17-21,27H,5-10,12-14,16H2,1-4H3/t17-,18+,19+,20-,21+,23+,24+,25-/m1/s1. The van der Waals surface area contributed by atoms with Crippen LogP contribution in [0.25, 0.3) is 0 Å². The van der Waals surface area contributed by atoms with Crippen LogP contribution < -0.4 is 0 Å². The number of rotatable bonds is 4. The Balaban J connectivity index is 1.59. The number of carbonyl (C=O) groups is 1. The van der Waals surface area contributed by atoms with Crippen LogP contribution in [0.3, 0.4) is 0 Å². The number of hydrogen-bond acceptors (Lipinski definition) is 2. The van der Waals surface area contributed by atoms with E-state index in [2.05, 4.69) is 26.8 Å². The van der Waals surface area contributed by atoms with Crippen molar-refractivity contribution in [1.82, 2.24) is 0 Å². The van der Waals surface area contributed by atoms with Crippen LogP contribution >= 0.6 is 0 Å². The minimum Gasteiger partial charge on any atom is -0.390 e. The Labute approximate surface area is 166 Å². The highest BCUT2D eigenvalue weighted by molar-refractivity contribution is 5.49. The molecule has 8 atom stereocenters. The first kappa shape index (κ1) is 19.7. The Morgan fingerprint density at radius 2 is 1.96 bits per heavy atom. The summed E-state index contributed by atoms with van der Waals surface area (Å²) in [5.74, 6) is 3.71. The van der Waals surface area contributed by atoms with Crippen molar-refractivity contribution in [3.63, 3.8) is 0 Å². The van der Waals surface area contributed by atoms with Gasteiger partial charge in [0.2, 0.25) is 0 Å². The van der Waals surface area contributed by atoms with Crippen molar-refractivity contribution >= 4 is 6.29 Å². The van der Waals surface area contributed by atoms with Crippen molar-refractivity contribution in [2.45, 2.75) is 97.5 Å². The minimum absolute atomic E-state index is 0.327. The third-order valence-corrected chi connectivity index (χ3v) is 9.81. The van der Waals surface area contributed by atoms with Crippen molar-refractivity contribution in [2.24, 2.45) is 40.4 Å². The fourth-order valence-electron chi connectivity index (χ4n) is 8.21. The van der Waals surface area contributed by atoms with Gasteiger partial charge in [0.15, 0.2) is 0 Å². The molecule has 27 heavy (non-hydrogen) atoms. The number of allylic oxidation sites excluding steroid dienone is 2. The lowest BCUT2D eigenvalue weighted by molar-refractivity contribution is -0.108. The molecule has 3 fully saturated rings. The summed E-state index contributed by atoms with van der Waals surface area (Å²) in [5, 5.41) is 10.6. The van der Waals surface area contributed by atoms with Crippen LogP contribution in [0, 0.1) is 40.4 Å². The molecule has 152 valence electrons. The Hall–Kier alpha value is -0.630. The van der Waals surface area contributed by atoms with Gasteiger partial charge >= 0.3 is 0 Å². The van der Waals surface area contributed by atoms with Crippen LogP contribution in [0.4, 0.5) is 0 Å². The lowest BCUT2D eigenvalue weighted by Crippen LogP contribution is -2.50. The maximum atomic E-state index is 10.9. The van der Waals surface area contributed by atoms with Gasteiger partial charge in [-0.25, -0.2) is 0 Å². The van der Waals surface area contributed by atoms with Gasteiger partial charge in [-0.1, -0.05) is 32.4 Å². The first-order valence-electron chi connectivity index (χ1n) is 11.6. The summed E-state index contributed by atoms with van der Waals surface area (Å²) >= 11 is 0. The SMILES string of the molecule is C[C@H](CCC=O)[C@H]1CC[C@H]2[C@@H]3CC[C@H]4C[C@@](C)(O)CC[C@]4(C)C3=CC[C@]12C. The second-order valence-corrected chi connectivity index (χ2v) is 11.4. The maximum absolute atomic E-state index is 10.9. The zero-order chi connectivity index (χ0) is 19.4. The fourth-order valence-corrected chi connectivity index (χ4v) is 8.21. The molecule has 0 aliphatic heterocycles. The zero-order valence-electron chi connectivity index (χ0n) is 18.0. The van der Waals surface area contributed by atoms with Gasteiger partial charge in [0.05, 0.1) is 5.60 Å². The number of carbonyl (C=O) groups excluding carboxylic acids is 1. The van der Waals surface area contributed by atoms with Crippen LogP contribution in [0.5, 0.6) is 0 Å². The zero-order valence-corrected chi connectivity index (χ0v) is 18.0. The Bertz CT molecular complexity index is 620. The summed E-state index contributed by atoms with van der Waals surface area (Å²) in [6.07, 6.45) is 15.3. The molecule has 2 nitrogen and oxygen atoms in total. The molecule has 4 aliphatic carbocycles. The van der Waals surface area contributed by atoms with E-state index in [1.165, 1.54) is 32.1 Å². The van der Waals surface area contributed by atoms with Gasteiger partial charge in [-0.15, -0.1) is 0 Å². The molecule has 0 radical (unpaired) electrons. The summed E-state index contributed by atoms with van der Waals surface area (Å²) in [4.78, 5) is 10.9. The normalized spacial score (nSPS) is 50.2. The predicted molar refractivity (Wildman–Crippen MR) is 110 cm³/mol. The predicted octanol–water partition coefficient (Wildman–Crippen LogP) is 5.93. The lowest BCUT2D eigenvalue weighted by Gasteiger charge is -2.58.